The van der Waals surface area contributed by atoms with Gasteiger partial charge in [0.05, 0.1) is 17.2 Å². The summed E-state index contributed by atoms with van der Waals surface area (Å²) in [5.41, 5.74) is -0.523. The average molecular weight is 254 g/mol. The van der Waals surface area contributed by atoms with E-state index in [0.717, 1.165) is 16.7 Å². The largest absolute Gasteiger partial charge is 0.464 e. The highest BCUT2D eigenvalue weighted by Crippen LogP contribution is 2.14. The molecule has 0 aliphatic rings. The number of pyridine rings is 1. The van der Waals surface area contributed by atoms with Crippen molar-refractivity contribution in [1.29, 1.82) is 0 Å². The van der Waals surface area contributed by atoms with E-state index in [1.54, 1.807) is 0 Å². The minimum Gasteiger partial charge on any atom is -0.464 e. The third-order valence-electron chi connectivity index (χ3n) is 2.38. The summed E-state index contributed by atoms with van der Waals surface area (Å²) in [4.78, 5) is 33.1. The van der Waals surface area contributed by atoms with Crippen LogP contribution in [0.2, 0.25) is 0 Å². The zero-order valence-corrected chi connectivity index (χ0v) is 10.2. The van der Waals surface area contributed by atoms with E-state index < -0.39 is 16.5 Å². The Morgan fingerprint density at radius 2 is 2.17 bits per heavy atom. The molecule has 7 nitrogen and oxygen atoms in total. The Labute approximate surface area is 103 Å². The summed E-state index contributed by atoms with van der Waals surface area (Å²) >= 11 is 0. The molecular formula is C11H14N2O5. The Hall–Kier alpha value is -2.18. The van der Waals surface area contributed by atoms with E-state index in [1.165, 1.54) is 6.92 Å². The number of hydrogen-bond donors (Lipinski definition) is 0. The molecule has 1 heterocycles. The molecule has 0 radical (unpaired) electrons. The maximum Gasteiger partial charge on any atom is 0.326 e. The van der Waals surface area contributed by atoms with Gasteiger partial charge in [0.2, 0.25) is 0 Å². The summed E-state index contributed by atoms with van der Waals surface area (Å²) in [6, 6.07) is 2.20. The fourth-order valence-corrected chi connectivity index (χ4v) is 1.44. The minimum absolute atomic E-state index is 0.140. The normalized spacial score (nSPS) is 10.1. The van der Waals surface area contributed by atoms with Crippen LogP contribution in [-0.2, 0) is 16.1 Å². The highest BCUT2D eigenvalue weighted by atomic mass is 16.6. The highest BCUT2D eigenvalue weighted by Gasteiger charge is 2.17. The molecule has 0 N–H and O–H groups in total. The van der Waals surface area contributed by atoms with E-state index in [-0.39, 0.29) is 24.5 Å². The average Bonchev–Trinajstić information content (AvgIpc) is 2.31. The van der Waals surface area contributed by atoms with Crippen molar-refractivity contribution < 1.29 is 14.5 Å². The van der Waals surface area contributed by atoms with Gasteiger partial charge in [0.1, 0.15) is 6.54 Å². The molecule has 0 spiro atoms. The fraction of sp³-hybridized carbons (Fsp3) is 0.455. The number of hydrogen-bond acceptors (Lipinski definition) is 5. The number of nitro groups is 1. The predicted molar refractivity (Wildman–Crippen MR) is 63.3 cm³/mol. The molecule has 0 aliphatic heterocycles. The van der Waals surface area contributed by atoms with Gasteiger partial charge < -0.3 is 4.74 Å². The van der Waals surface area contributed by atoms with Crippen molar-refractivity contribution in [3.8, 4) is 0 Å². The second kappa shape index (κ2) is 5.95. The molecule has 1 aromatic rings. The number of aromatic nitrogens is 1. The van der Waals surface area contributed by atoms with Gasteiger partial charge >= 0.3 is 5.97 Å². The standard InChI is InChI=1S/C11H14N2O5/c1-3-6-18-11(15)7-12-8(2)9(13(16)17)4-5-10(12)14/h4-5H,3,6-7H2,1-2H3. The lowest BCUT2D eigenvalue weighted by Gasteiger charge is -2.09. The molecule has 7 heteroatoms. The lowest BCUT2D eigenvalue weighted by molar-refractivity contribution is -0.386. The Balaban J connectivity index is 3.01. The van der Waals surface area contributed by atoms with Gasteiger partial charge in [-0.1, -0.05) is 6.92 Å². The van der Waals surface area contributed by atoms with Crippen molar-refractivity contribution >= 4 is 11.7 Å². The lowest BCUT2D eigenvalue weighted by atomic mass is 10.3. The molecule has 0 bridgehead atoms. The Morgan fingerprint density at radius 1 is 1.50 bits per heavy atom. The van der Waals surface area contributed by atoms with Crippen LogP contribution in [0.4, 0.5) is 5.69 Å². The molecule has 18 heavy (non-hydrogen) atoms. The van der Waals surface area contributed by atoms with Gasteiger partial charge in [-0.25, -0.2) is 0 Å². The van der Waals surface area contributed by atoms with Gasteiger partial charge in [0.25, 0.3) is 11.2 Å². The molecule has 98 valence electrons. The predicted octanol–water partition coefficient (Wildman–Crippen LogP) is 1.02. The maximum absolute atomic E-state index is 11.6. The van der Waals surface area contributed by atoms with E-state index in [4.69, 9.17) is 4.74 Å². The van der Waals surface area contributed by atoms with Crippen LogP contribution in [0.25, 0.3) is 0 Å². The Kier molecular flexibility index (Phi) is 4.59. The molecule has 0 unspecified atom stereocenters. The van der Waals surface area contributed by atoms with Crippen LogP contribution in [0.15, 0.2) is 16.9 Å². The zero-order chi connectivity index (χ0) is 13.7. The molecular weight excluding hydrogens is 240 g/mol. The third kappa shape index (κ3) is 3.16. The van der Waals surface area contributed by atoms with Crippen LogP contribution in [-0.4, -0.2) is 22.1 Å². The number of ether oxygens (including phenoxy) is 1. The Morgan fingerprint density at radius 3 is 2.72 bits per heavy atom. The summed E-state index contributed by atoms with van der Waals surface area (Å²) in [6.07, 6.45) is 0.675. The summed E-state index contributed by atoms with van der Waals surface area (Å²) in [5, 5.41) is 10.7. The fourth-order valence-electron chi connectivity index (χ4n) is 1.44. The van der Waals surface area contributed by atoms with Crippen LogP contribution in [0, 0.1) is 17.0 Å². The van der Waals surface area contributed by atoms with Gasteiger partial charge in [-0.3, -0.25) is 24.3 Å². The van der Waals surface area contributed by atoms with Crippen LogP contribution in [0.3, 0.4) is 0 Å². The molecule has 0 fully saturated rings. The van der Waals surface area contributed by atoms with Gasteiger partial charge in [-0.15, -0.1) is 0 Å². The molecule has 1 aromatic heterocycles. The lowest BCUT2D eigenvalue weighted by Crippen LogP contribution is -2.27. The minimum atomic E-state index is -0.595. The number of carbonyl (C=O) groups excluding carboxylic acids is 1. The van der Waals surface area contributed by atoms with E-state index in [0.29, 0.717) is 6.42 Å². The van der Waals surface area contributed by atoms with E-state index in [1.807, 2.05) is 6.92 Å². The van der Waals surface area contributed by atoms with E-state index in [2.05, 4.69) is 0 Å². The Bertz CT molecular complexity index is 521. The summed E-state index contributed by atoms with van der Waals surface area (Å²) in [5.74, 6) is -0.581. The van der Waals surface area contributed by atoms with Gasteiger partial charge in [0, 0.05) is 12.1 Å². The smallest absolute Gasteiger partial charge is 0.326 e. The summed E-state index contributed by atoms with van der Waals surface area (Å²) in [6.45, 7) is 3.22. The zero-order valence-electron chi connectivity index (χ0n) is 10.2. The van der Waals surface area contributed by atoms with Crippen LogP contribution < -0.4 is 5.56 Å². The quantitative estimate of drug-likeness (QED) is 0.444. The maximum atomic E-state index is 11.6. The topological polar surface area (TPSA) is 91.4 Å². The van der Waals surface area contributed by atoms with E-state index in [9.17, 15) is 19.7 Å². The first kappa shape index (κ1) is 13.9. The molecule has 0 amide bonds. The first-order valence-electron chi connectivity index (χ1n) is 5.47. The second-order valence-electron chi connectivity index (χ2n) is 3.71. The molecule has 0 aliphatic carbocycles. The van der Waals surface area contributed by atoms with Gasteiger partial charge in [-0.05, 0) is 13.3 Å². The van der Waals surface area contributed by atoms with Crippen molar-refractivity contribution in [2.75, 3.05) is 6.61 Å². The second-order valence-corrected chi connectivity index (χ2v) is 3.71. The van der Waals surface area contributed by atoms with Crippen LogP contribution in [0.5, 0.6) is 0 Å². The van der Waals surface area contributed by atoms with Crippen molar-refractivity contribution in [3.63, 3.8) is 0 Å². The van der Waals surface area contributed by atoms with Crippen molar-refractivity contribution in [3.05, 3.63) is 38.3 Å². The monoisotopic (exact) mass is 254 g/mol. The highest BCUT2D eigenvalue weighted by molar-refractivity contribution is 5.69. The van der Waals surface area contributed by atoms with Gasteiger partial charge in [-0.2, -0.15) is 0 Å². The van der Waals surface area contributed by atoms with Crippen molar-refractivity contribution in [1.82, 2.24) is 4.57 Å². The number of rotatable bonds is 5. The summed E-state index contributed by atoms with van der Waals surface area (Å²) in [7, 11) is 0. The summed E-state index contributed by atoms with van der Waals surface area (Å²) < 4.78 is 5.87. The third-order valence-corrected chi connectivity index (χ3v) is 2.38. The van der Waals surface area contributed by atoms with Crippen LogP contribution in [0.1, 0.15) is 19.0 Å². The number of nitrogens with zero attached hydrogens (tertiary/aromatic N) is 2. The molecule has 0 saturated carbocycles. The molecule has 0 aromatic carbocycles. The first-order chi connectivity index (χ1) is 8.47. The van der Waals surface area contributed by atoms with Crippen LogP contribution >= 0.6 is 0 Å². The van der Waals surface area contributed by atoms with Crippen molar-refractivity contribution in [2.24, 2.45) is 0 Å². The number of esters is 1. The van der Waals surface area contributed by atoms with E-state index >= 15 is 0 Å². The number of carbonyl (C=O) groups is 1. The molecule has 0 atom stereocenters. The van der Waals surface area contributed by atoms with Crippen molar-refractivity contribution in [2.45, 2.75) is 26.8 Å². The molecule has 1 rings (SSSR count). The SMILES string of the molecule is CCCOC(=O)Cn1c(C)c([N+](=O)[O-])ccc1=O. The first-order valence-corrected chi connectivity index (χ1v) is 5.47. The molecule has 0 saturated heterocycles. The van der Waals surface area contributed by atoms with Gasteiger partial charge in [0.15, 0.2) is 0 Å².